The SMILES string of the molecule is O=C1CCc2cc(OCCCCc3nnnn3[C@H]3CCCCC3(F)F)ccc2N1. The fraction of sp³-hybridized carbons (Fsp3) is 0.600. The van der Waals surface area contributed by atoms with Gasteiger partial charge in [-0.1, -0.05) is 6.42 Å². The Bertz CT molecular complexity index is 870. The number of benzene rings is 1. The second-order valence-electron chi connectivity index (χ2n) is 7.73. The van der Waals surface area contributed by atoms with Crippen LogP contribution >= 0.6 is 0 Å². The summed E-state index contributed by atoms with van der Waals surface area (Å²) < 4.78 is 35.6. The number of aryl methyl sites for hydroxylation is 2. The standard InChI is InChI=1S/C20H25F2N5O2/c21-20(22)11-3-1-5-17(20)27-18(24-25-26-27)6-2-4-12-29-15-8-9-16-14(13-15)7-10-19(28)23-16/h8-9,13,17H,1-7,10-12H2,(H,23,28)/t17-/m0/s1. The van der Waals surface area contributed by atoms with Crippen molar-refractivity contribution in [3.05, 3.63) is 29.6 Å². The molecule has 2 aliphatic rings. The van der Waals surface area contributed by atoms with E-state index in [2.05, 4.69) is 20.8 Å². The molecule has 4 rings (SSSR count). The molecular weight excluding hydrogens is 380 g/mol. The molecule has 1 aliphatic heterocycles. The van der Waals surface area contributed by atoms with Crippen LogP contribution in [0.5, 0.6) is 5.75 Å². The molecule has 2 heterocycles. The first-order chi connectivity index (χ1) is 14.0. The van der Waals surface area contributed by atoms with Crippen molar-refractivity contribution < 1.29 is 18.3 Å². The predicted molar refractivity (Wildman–Crippen MR) is 102 cm³/mol. The number of anilines is 1. The third kappa shape index (κ3) is 4.54. The van der Waals surface area contributed by atoms with Crippen LogP contribution in [0.25, 0.3) is 0 Å². The van der Waals surface area contributed by atoms with Crippen LogP contribution in [0, 0.1) is 0 Å². The maximum atomic E-state index is 14.2. The van der Waals surface area contributed by atoms with Crippen LogP contribution in [0.3, 0.4) is 0 Å². The molecule has 1 aliphatic carbocycles. The number of nitrogens with one attached hydrogen (secondary N) is 1. The summed E-state index contributed by atoms with van der Waals surface area (Å²) in [6.45, 7) is 0.520. The third-order valence-corrected chi connectivity index (χ3v) is 5.62. The summed E-state index contributed by atoms with van der Waals surface area (Å²) in [6.07, 6.45) is 4.89. The summed E-state index contributed by atoms with van der Waals surface area (Å²) in [5.74, 6) is -1.43. The second kappa shape index (κ2) is 8.42. The van der Waals surface area contributed by atoms with E-state index < -0.39 is 12.0 Å². The Balaban J connectivity index is 1.26. The number of nitrogens with zero attached hydrogens (tertiary/aromatic N) is 4. The van der Waals surface area contributed by atoms with Crippen LogP contribution in [-0.4, -0.2) is 38.6 Å². The van der Waals surface area contributed by atoms with E-state index in [0.29, 0.717) is 44.5 Å². The van der Waals surface area contributed by atoms with E-state index in [1.54, 1.807) is 0 Å². The minimum Gasteiger partial charge on any atom is -0.494 e. The van der Waals surface area contributed by atoms with Crippen molar-refractivity contribution in [3.8, 4) is 5.75 Å². The summed E-state index contributed by atoms with van der Waals surface area (Å²) in [7, 11) is 0. The highest BCUT2D eigenvalue weighted by molar-refractivity contribution is 5.93. The fourth-order valence-electron chi connectivity index (χ4n) is 4.02. The zero-order valence-corrected chi connectivity index (χ0v) is 16.2. The van der Waals surface area contributed by atoms with E-state index in [9.17, 15) is 13.6 Å². The summed E-state index contributed by atoms with van der Waals surface area (Å²) in [4.78, 5) is 11.4. The van der Waals surface area contributed by atoms with Gasteiger partial charge in [-0.15, -0.1) is 5.10 Å². The molecule has 2 aromatic rings. The average molecular weight is 405 g/mol. The number of carbonyl (C=O) groups is 1. The van der Waals surface area contributed by atoms with Crippen molar-refractivity contribution in [2.24, 2.45) is 0 Å². The number of aromatic nitrogens is 4. The minimum absolute atomic E-state index is 0.0412. The maximum absolute atomic E-state index is 14.2. The Labute approximate surface area is 167 Å². The second-order valence-corrected chi connectivity index (χ2v) is 7.73. The number of amides is 1. The summed E-state index contributed by atoms with van der Waals surface area (Å²) >= 11 is 0. The molecule has 29 heavy (non-hydrogen) atoms. The Morgan fingerprint density at radius 1 is 1.24 bits per heavy atom. The third-order valence-electron chi connectivity index (χ3n) is 5.62. The van der Waals surface area contributed by atoms with Crippen molar-refractivity contribution in [1.29, 1.82) is 0 Å². The van der Waals surface area contributed by atoms with Crippen LogP contribution in [0.4, 0.5) is 14.5 Å². The van der Waals surface area contributed by atoms with Gasteiger partial charge >= 0.3 is 0 Å². The molecule has 1 N–H and O–H groups in total. The van der Waals surface area contributed by atoms with Gasteiger partial charge in [0.1, 0.15) is 11.8 Å². The zero-order chi connectivity index (χ0) is 20.3. The molecule has 0 unspecified atom stereocenters. The molecule has 7 nitrogen and oxygen atoms in total. The van der Waals surface area contributed by atoms with Gasteiger partial charge in [-0.2, -0.15) is 0 Å². The number of tetrazole rings is 1. The molecule has 1 atom stereocenters. The lowest BCUT2D eigenvalue weighted by molar-refractivity contribution is -0.116. The van der Waals surface area contributed by atoms with Crippen molar-refractivity contribution in [2.45, 2.75) is 69.8 Å². The van der Waals surface area contributed by atoms with Gasteiger partial charge in [0.25, 0.3) is 5.92 Å². The van der Waals surface area contributed by atoms with Crippen molar-refractivity contribution in [3.63, 3.8) is 0 Å². The average Bonchev–Trinajstić information content (AvgIpc) is 3.15. The number of ether oxygens (including phenoxy) is 1. The van der Waals surface area contributed by atoms with Crippen LogP contribution in [0.2, 0.25) is 0 Å². The van der Waals surface area contributed by atoms with E-state index in [0.717, 1.165) is 36.3 Å². The van der Waals surface area contributed by atoms with Gasteiger partial charge in [-0.3, -0.25) is 4.79 Å². The Morgan fingerprint density at radius 2 is 2.14 bits per heavy atom. The molecule has 0 saturated heterocycles. The molecule has 0 bridgehead atoms. The topological polar surface area (TPSA) is 81.9 Å². The Morgan fingerprint density at radius 3 is 3.00 bits per heavy atom. The van der Waals surface area contributed by atoms with Crippen molar-refractivity contribution in [2.75, 3.05) is 11.9 Å². The van der Waals surface area contributed by atoms with Crippen LogP contribution in [0.15, 0.2) is 18.2 Å². The summed E-state index contributed by atoms with van der Waals surface area (Å²) in [6, 6.07) is 4.73. The first-order valence-corrected chi connectivity index (χ1v) is 10.2. The first kappa shape index (κ1) is 19.7. The monoisotopic (exact) mass is 405 g/mol. The summed E-state index contributed by atoms with van der Waals surface area (Å²) in [5.41, 5.74) is 1.93. The normalized spacial score (nSPS) is 20.8. The number of unbranched alkanes of at least 4 members (excludes halogenated alkanes) is 1. The number of carbonyl (C=O) groups excluding carboxylic acids is 1. The van der Waals surface area contributed by atoms with Gasteiger partial charge in [0.2, 0.25) is 5.91 Å². The molecule has 0 radical (unpaired) electrons. The highest BCUT2D eigenvalue weighted by atomic mass is 19.3. The van der Waals surface area contributed by atoms with Crippen LogP contribution in [-0.2, 0) is 17.6 Å². The Hall–Kier alpha value is -2.58. The van der Waals surface area contributed by atoms with Crippen molar-refractivity contribution in [1.82, 2.24) is 20.2 Å². The number of hydrogen-bond acceptors (Lipinski definition) is 5. The number of halogens is 2. The minimum atomic E-state index is -2.75. The highest BCUT2D eigenvalue weighted by Crippen LogP contribution is 2.41. The van der Waals surface area contributed by atoms with Gasteiger partial charge in [0.05, 0.1) is 6.61 Å². The fourth-order valence-corrected chi connectivity index (χ4v) is 4.02. The first-order valence-electron chi connectivity index (χ1n) is 10.2. The Kier molecular flexibility index (Phi) is 5.73. The number of rotatable bonds is 7. The molecule has 1 aromatic heterocycles. The van der Waals surface area contributed by atoms with E-state index in [4.69, 9.17) is 4.74 Å². The number of fused-ring (bicyclic) bond motifs is 1. The van der Waals surface area contributed by atoms with Crippen LogP contribution < -0.4 is 10.1 Å². The summed E-state index contributed by atoms with van der Waals surface area (Å²) in [5, 5.41) is 14.3. The van der Waals surface area contributed by atoms with Gasteiger partial charge < -0.3 is 10.1 Å². The number of hydrogen-bond donors (Lipinski definition) is 1. The lowest BCUT2D eigenvalue weighted by atomic mass is 9.91. The highest BCUT2D eigenvalue weighted by Gasteiger charge is 2.44. The quantitative estimate of drug-likeness (QED) is 0.710. The molecule has 0 spiro atoms. The maximum Gasteiger partial charge on any atom is 0.270 e. The van der Waals surface area contributed by atoms with Crippen molar-refractivity contribution >= 4 is 11.6 Å². The lowest BCUT2D eigenvalue weighted by Crippen LogP contribution is -2.35. The number of alkyl halides is 2. The molecule has 156 valence electrons. The molecule has 1 saturated carbocycles. The van der Waals surface area contributed by atoms with E-state index in [1.807, 2.05) is 18.2 Å². The molecule has 1 aromatic carbocycles. The lowest BCUT2D eigenvalue weighted by Gasteiger charge is -2.31. The van der Waals surface area contributed by atoms with E-state index in [1.165, 1.54) is 4.68 Å². The van der Waals surface area contributed by atoms with Gasteiger partial charge in [0, 0.05) is 24.9 Å². The molecule has 9 heteroatoms. The smallest absolute Gasteiger partial charge is 0.270 e. The van der Waals surface area contributed by atoms with Crippen LogP contribution in [0.1, 0.15) is 62.4 Å². The molecular formula is C20H25F2N5O2. The van der Waals surface area contributed by atoms with Gasteiger partial charge in [0.15, 0.2) is 5.82 Å². The molecule has 1 fully saturated rings. The zero-order valence-electron chi connectivity index (χ0n) is 16.2. The largest absolute Gasteiger partial charge is 0.494 e. The van der Waals surface area contributed by atoms with E-state index >= 15 is 0 Å². The van der Waals surface area contributed by atoms with Gasteiger partial charge in [-0.25, -0.2) is 13.5 Å². The van der Waals surface area contributed by atoms with Gasteiger partial charge in [-0.05, 0) is 66.3 Å². The van der Waals surface area contributed by atoms with E-state index in [-0.39, 0.29) is 12.3 Å². The molecule has 1 amide bonds. The predicted octanol–water partition coefficient (Wildman–Crippen LogP) is 3.71.